The van der Waals surface area contributed by atoms with Gasteiger partial charge in [0.05, 0.1) is 17.2 Å². The summed E-state index contributed by atoms with van der Waals surface area (Å²) in [6.07, 6.45) is -0.123. The molecule has 0 saturated heterocycles. The molecule has 2 nitrogen and oxygen atoms in total. The Bertz CT molecular complexity index is 403. The highest BCUT2D eigenvalue weighted by Gasteiger charge is 2.23. The van der Waals surface area contributed by atoms with Crippen molar-refractivity contribution in [2.24, 2.45) is 0 Å². The van der Waals surface area contributed by atoms with E-state index in [0.29, 0.717) is 16.6 Å². The molecule has 0 bridgehead atoms. The minimum Gasteiger partial charge on any atom is -0.377 e. The maximum Gasteiger partial charge on any atom is 0.147 e. The summed E-state index contributed by atoms with van der Waals surface area (Å²) in [4.78, 5) is 0. The van der Waals surface area contributed by atoms with Gasteiger partial charge in [-0.2, -0.15) is 0 Å². The Morgan fingerprint density at radius 2 is 2.11 bits per heavy atom. The summed E-state index contributed by atoms with van der Waals surface area (Å²) >= 11 is 9.13. The van der Waals surface area contributed by atoms with Crippen molar-refractivity contribution in [2.75, 3.05) is 13.2 Å². The second-order valence-corrected chi connectivity index (χ2v) is 5.19. The molecule has 1 aromatic rings. The quantitative estimate of drug-likeness (QED) is 0.780. The van der Waals surface area contributed by atoms with Gasteiger partial charge >= 0.3 is 0 Å². The van der Waals surface area contributed by atoms with Gasteiger partial charge in [0.1, 0.15) is 5.82 Å². The van der Waals surface area contributed by atoms with Crippen LogP contribution in [-0.2, 0) is 4.74 Å². The zero-order valence-corrected chi connectivity index (χ0v) is 13.1. The van der Waals surface area contributed by atoms with Crippen molar-refractivity contribution >= 4 is 27.5 Å². The maximum absolute atomic E-state index is 14.2. The molecular weight excluding hydrogens is 321 g/mol. The van der Waals surface area contributed by atoms with E-state index < -0.39 is 5.82 Å². The first-order chi connectivity index (χ1) is 8.52. The Hall–Kier alpha value is -0.160. The standard InChI is InChI=1S/C13H18BrClFNO/c1-4-17-13(8(3)18-5-2)9-6-7-10(14)11(15)12(9)16/h6-8,13,17H,4-5H2,1-3H3. The summed E-state index contributed by atoms with van der Waals surface area (Å²) in [5.41, 5.74) is 0.533. The van der Waals surface area contributed by atoms with E-state index in [1.54, 1.807) is 12.1 Å². The molecule has 18 heavy (non-hydrogen) atoms. The summed E-state index contributed by atoms with van der Waals surface area (Å²) < 4.78 is 20.3. The van der Waals surface area contributed by atoms with Gasteiger partial charge in [-0.05, 0) is 42.4 Å². The molecule has 0 aromatic heterocycles. The first kappa shape index (κ1) is 15.9. The van der Waals surface area contributed by atoms with Crippen molar-refractivity contribution in [3.8, 4) is 0 Å². The molecular formula is C13H18BrClFNO. The molecule has 5 heteroatoms. The van der Waals surface area contributed by atoms with E-state index in [2.05, 4.69) is 21.2 Å². The average molecular weight is 339 g/mol. The predicted octanol–water partition coefficient (Wildman–Crippen LogP) is 4.32. The van der Waals surface area contributed by atoms with Crippen LogP contribution in [0, 0.1) is 5.82 Å². The molecule has 0 saturated carbocycles. The van der Waals surface area contributed by atoms with Gasteiger partial charge in [-0.1, -0.05) is 24.6 Å². The van der Waals surface area contributed by atoms with E-state index in [9.17, 15) is 4.39 Å². The highest BCUT2D eigenvalue weighted by Crippen LogP contribution is 2.32. The lowest BCUT2D eigenvalue weighted by Gasteiger charge is -2.26. The van der Waals surface area contributed by atoms with Gasteiger partial charge in [-0.3, -0.25) is 0 Å². The Balaban J connectivity index is 3.09. The summed E-state index contributed by atoms with van der Waals surface area (Å²) in [5, 5.41) is 3.34. The molecule has 1 N–H and O–H groups in total. The lowest BCUT2D eigenvalue weighted by molar-refractivity contribution is 0.0467. The van der Waals surface area contributed by atoms with Gasteiger partial charge in [-0.15, -0.1) is 0 Å². The van der Waals surface area contributed by atoms with Crippen LogP contribution < -0.4 is 5.32 Å². The van der Waals surface area contributed by atoms with Gasteiger partial charge in [0, 0.05) is 16.6 Å². The fourth-order valence-electron chi connectivity index (χ4n) is 1.89. The normalized spacial score (nSPS) is 14.6. The zero-order valence-electron chi connectivity index (χ0n) is 10.8. The molecule has 0 amide bonds. The predicted molar refractivity (Wildman–Crippen MR) is 76.6 cm³/mol. The van der Waals surface area contributed by atoms with E-state index in [1.807, 2.05) is 20.8 Å². The SMILES string of the molecule is CCNC(c1ccc(Br)c(Cl)c1F)C(C)OCC. The van der Waals surface area contributed by atoms with E-state index in [4.69, 9.17) is 16.3 Å². The molecule has 0 aliphatic carbocycles. The topological polar surface area (TPSA) is 21.3 Å². The van der Waals surface area contributed by atoms with E-state index in [-0.39, 0.29) is 17.2 Å². The second-order valence-electron chi connectivity index (χ2n) is 3.96. The highest BCUT2D eigenvalue weighted by atomic mass is 79.9. The van der Waals surface area contributed by atoms with Crippen LogP contribution in [0.4, 0.5) is 4.39 Å². The Kier molecular flexibility index (Phi) is 6.57. The summed E-state index contributed by atoms with van der Waals surface area (Å²) in [6, 6.07) is 3.28. The lowest BCUT2D eigenvalue weighted by Crippen LogP contribution is -2.32. The Morgan fingerprint density at radius 1 is 1.44 bits per heavy atom. The van der Waals surface area contributed by atoms with Crippen LogP contribution in [0.1, 0.15) is 32.4 Å². The minimum atomic E-state index is -0.399. The van der Waals surface area contributed by atoms with Gasteiger partial charge in [-0.25, -0.2) is 4.39 Å². The average Bonchev–Trinajstić information content (AvgIpc) is 2.34. The number of rotatable bonds is 6. The van der Waals surface area contributed by atoms with Gasteiger partial charge in [0.2, 0.25) is 0 Å². The summed E-state index contributed by atoms with van der Waals surface area (Å²) in [6.45, 7) is 7.14. The number of hydrogen-bond donors (Lipinski definition) is 1. The number of ether oxygens (including phenoxy) is 1. The van der Waals surface area contributed by atoms with E-state index in [0.717, 1.165) is 6.54 Å². The van der Waals surface area contributed by atoms with Gasteiger partial charge in [0.25, 0.3) is 0 Å². The minimum absolute atomic E-state index is 0.110. The Labute approximate surface area is 121 Å². The maximum atomic E-state index is 14.2. The van der Waals surface area contributed by atoms with Crippen LogP contribution in [0.15, 0.2) is 16.6 Å². The van der Waals surface area contributed by atoms with Crippen LogP contribution in [0.3, 0.4) is 0 Å². The number of hydrogen-bond acceptors (Lipinski definition) is 2. The molecule has 0 radical (unpaired) electrons. The van der Waals surface area contributed by atoms with Crippen molar-refractivity contribution in [1.82, 2.24) is 5.32 Å². The monoisotopic (exact) mass is 337 g/mol. The fraction of sp³-hybridized carbons (Fsp3) is 0.538. The zero-order chi connectivity index (χ0) is 13.7. The first-order valence-electron chi connectivity index (χ1n) is 6.01. The third-order valence-corrected chi connectivity index (χ3v) is 3.98. The molecule has 0 aliphatic heterocycles. The van der Waals surface area contributed by atoms with Crippen molar-refractivity contribution in [3.05, 3.63) is 33.0 Å². The molecule has 2 atom stereocenters. The fourth-order valence-corrected chi connectivity index (χ4v) is 2.37. The number of likely N-dealkylation sites (N-methyl/N-ethyl adjacent to an activating group) is 1. The molecule has 2 unspecified atom stereocenters. The molecule has 0 fully saturated rings. The molecule has 1 aromatic carbocycles. The number of benzene rings is 1. The highest BCUT2D eigenvalue weighted by molar-refractivity contribution is 9.10. The van der Waals surface area contributed by atoms with Crippen LogP contribution in [0.25, 0.3) is 0 Å². The molecule has 102 valence electrons. The third kappa shape index (κ3) is 3.67. The van der Waals surface area contributed by atoms with Crippen molar-refractivity contribution in [3.63, 3.8) is 0 Å². The van der Waals surface area contributed by atoms with E-state index in [1.165, 1.54) is 0 Å². The smallest absolute Gasteiger partial charge is 0.147 e. The van der Waals surface area contributed by atoms with Crippen LogP contribution in [-0.4, -0.2) is 19.3 Å². The molecule has 0 spiro atoms. The van der Waals surface area contributed by atoms with Crippen molar-refractivity contribution in [2.45, 2.75) is 32.9 Å². The van der Waals surface area contributed by atoms with Crippen molar-refractivity contribution in [1.29, 1.82) is 0 Å². The molecule has 0 heterocycles. The summed E-state index contributed by atoms with van der Waals surface area (Å²) in [5.74, 6) is -0.399. The third-order valence-electron chi connectivity index (χ3n) is 2.72. The van der Waals surface area contributed by atoms with Gasteiger partial charge < -0.3 is 10.1 Å². The lowest BCUT2D eigenvalue weighted by atomic mass is 10.0. The second kappa shape index (κ2) is 7.43. The van der Waals surface area contributed by atoms with Crippen LogP contribution in [0.5, 0.6) is 0 Å². The van der Waals surface area contributed by atoms with Crippen LogP contribution in [0.2, 0.25) is 5.02 Å². The summed E-state index contributed by atoms with van der Waals surface area (Å²) in [7, 11) is 0. The largest absolute Gasteiger partial charge is 0.377 e. The Morgan fingerprint density at radius 3 is 2.67 bits per heavy atom. The van der Waals surface area contributed by atoms with Crippen molar-refractivity contribution < 1.29 is 9.13 Å². The van der Waals surface area contributed by atoms with E-state index >= 15 is 0 Å². The molecule has 0 aliphatic rings. The number of nitrogens with one attached hydrogen (secondary N) is 1. The van der Waals surface area contributed by atoms with Crippen LogP contribution >= 0.6 is 27.5 Å². The first-order valence-corrected chi connectivity index (χ1v) is 7.18. The number of halogens is 3. The van der Waals surface area contributed by atoms with Gasteiger partial charge in [0.15, 0.2) is 0 Å². The molecule has 1 rings (SSSR count).